The van der Waals surface area contributed by atoms with Gasteiger partial charge in [-0.05, 0) is 36.2 Å². The molecule has 0 saturated carbocycles. The zero-order chi connectivity index (χ0) is 19.2. The molecule has 2 aromatic rings. The maximum Gasteiger partial charge on any atom is 0.416 e. The predicted octanol–water partition coefficient (Wildman–Crippen LogP) is 3.18. The van der Waals surface area contributed by atoms with Gasteiger partial charge in [-0.2, -0.15) is 13.2 Å². The number of amides is 1. The topological polar surface area (TPSA) is 49.6 Å². The van der Waals surface area contributed by atoms with Crippen molar-refractivity contribution in [2.45, 2.75) is 31.2 Å². The Kier molecular flexibility index (Phi) is 4.73. The van der Waals surface area contributed by atoms with Gasteiger partial charge in [0.25, 0.3) is 0 Å². The summed E-state index contributed by atoms with van der Waals surface area (Å²) in [5.41, 5.74) is 6.02. The number of piperazine rings is 1. The molecule has 2 saturated heterocycles. The quantitative estimate of drug-likeness (QED) is 0.869. The van der Waals surface area contributed by atoms with Crippen LogP contribution in [-0.2, 0) is 17.5 Å². The van der Waals surface area contributed by atoms with Gasteiger partial charge in [-0.1, -0.05) is 12.1 Å². The van der Waals surface area contributed by atoms with Crippen molar-refractivity contribution in [3.05, 3.63) is 46.8 Å². The number of nitrogens with two attached hydrogens (primary N) is 1. The second-order valence-corrected chi connectivity index (χ2v) is 8.27. The van der Waals surface area contributed by atoms with Crippen LogP contribution >= 0.6 is 11.3 Å². The van der Waals surface area contributed by atoms with E-state index in [1.807, 2.05) is 17.0 Å². The number of hydrogen-bond acceptors (Lipinski definition) is 4. The second-order valence-electron chi connectivity index (χ2n) is 7.10. The lowest BCUT2D eigenvalue weighted by molar-refractivity contribution is -0.137. The van der Waals surface area contributed by atoms with Crippen molar-refractivity contribution >= 4 is 17.2 Å². The lowest BCUT2D eigenvalue weighted by Gasteiger charge is -2.37. The molecule has 1 amide bonds. The van der Waals surface area contributed by atoms with Crippen LogP contribution < -0.4 is 5.73 Å². The highest BCUT2D eigenvalue weighted by Gasteiger charge is 2.40. The molecule has 2 aliphatic heterocycles. The Hall–Kier alpha value is -1.90. The molecule has 4 rings (SSSR count). The Morgan fingerprint density at radius 3 is 2.56 bits per heavy atom. The monoisotopic (exact) mass is 395 g/mol. The number of fused-ring (bicyclic) bond motifs is 1. The van der Waals surface area contributed by atoms with E-state index in [2.05, 4.69) is 4.90 Å². The highest BCUT2D eigenvalue weighted by molar-refractivity contribution is 7.15. The number of rotatable bonds is 3. The van der Waals surface area contributed by atoms with Crippen molar-refractivity contribution in [2.75, 3.05) is 19.6 Å². The van der Waals surface area contributed by atoms with Gasteiger partial charge in [0.05, 0.1) is 11.6 Å². The molecule has 8 heteroatoms. The molecular formula is C19H20F3N3OS. The van der Waals surface area contributed by atoms with Gasteiger partial charge in [-0.25, -0.2) is 0 Å². The van der Waals surface area contributed by atoms with Crippen LogP contribution in [0, 0.1) is 0 Å². The number of benzene rings is 1. The number of nitrogens with zero attached hydrogens (tertiary/aromatic N) is 2. The highest BCUT2D eigenvalue weighted by Crippen LogP contribution is 2.34. The maximum absolute atomic E-state index is 12.7. The first-order valence-corrected chi connectivity index (χ1v) is 9.67. The number of halogens is 3. The fraction of sp³-hybridized carbons (Fsp3) is 0.421. The zero-order valence-electron chi connectivity index (χ0n) is 14.6. The van der Waals surface area contributed by atoms with Crippen molar-refractivity contribution in [1.29, 1.82) is 0 Å². The molecule has 144 valence electrons. The number of alkyl halides is 3. The molecule has 0 radical (unpaired) electrons. The van der Waals surface area contributed by atoms with E-state index >= 15 is 0 Å². The average molecular weight is 395 g/mol. The molecule has 1 aromatic heterocycles. The highest BCUT2D eigenvalue weighted by atomic mass is 32.1. The van der Waals surface area contributed by atoms with Crippen LogP contribution in [-0.4, -0.2) is 47.4 Å². The molecule has 3 heterocycles. The van der Waals surface area contributed by atoms with E-state index < -0.39 is 11.7 Å². The molecule has 27 heavy (non-hydrogen) atoms. The molecule has 2 atom stereocenters. The maximum atomic E-state index is 12.7. The lowest BCUT2D eigenvalue weighted by atomic mass is 10.1. The zero-order valence-corrected chi connectivity index (χ0v) is 15.4. The third-order valence-corrected chi connectivity index (χ3v) is 6.35. The minimum atomic E-state index is -4.31. The van der Waals surface area contributed by atoms with Gasteiger partial charge in [0.15, 0.2) is 0 Å². The van der Waals surface area contributed by atoms with Crippen LogP contribution in [0.15, 0.2) is 36.4 Å². The summed E-state index contributed by atoms with van der Waals surface area (Å²) < 4.78 is 38.1. The summed E-state index contributed by atoms with van der Waals surface area (Å²) in [4.78, 5) is 18.3. The molecule has 2 aliphatic rings. The summed E-state index contributed by atoms with van der Waals surface area (Å²) in [5, 5.41) is 0. The van der Waals surface area contributed by atoms with E-state index in [0.29, 0.717) is 13.0 Å². The summed E-state index contributed by atoms with van der Waals surface area (Å²) in [7, 11) is 0. The molecule has 2 unspecified atom stereocenters. The van der Waals surface area contributed by atoms with Crippen LogP contribution in [0.1, 0.15) is 16.9 Å². The van der Waals surface area contributed by atoms with E-state index in [1.165, 1.54) is 12.1 Å². The minimum absolute atomic E-state index is 0.0559. The molecule has 4 nitrogen and oxygen atoms in total. The van der Waals surface area contributed by atoms with Crippen LogP contribution in [0.25, 0.3) is 10.4 Å². The fourth-order valence-corrected chi connectivity index (χ4v) is 4.88. The van der Waals surface area contributed by atoms with Gasteiger partial charge >= 0.3 is 6.18 Å². The Morgan fingerprint density at radius 1 is 1.11 bits per heavy atom. The number of carbonyl (C=O) groups excluding carboxylic acids is 1. The van der Waals surface area contributed by atoms with E-state index in [1.54, 1.807) is 11.3 Å². The number of thiophene rings is 1. The normalized spacial score (nSPS) is 23.7. The van der Waals surface area contributed by atoms with Gasteiger partial charge in [-0.15, -0.1) is 11.3 Å². The van der Waals surface area contributed by atoms with Gasteiger partial charge < -0.3 is 10.6 Å². The first-order chi connectivity index (χ1) is 12.8. The third-order valence-electron chi connectivity index (χ3n) is 5.23. The number of carbonyl (C=O) groups is 1. The van der Waals surface area contributed by atoms with Crippen molar-refractivity contribution in [3.63, 3.8) is 0 Å². The van der Waals surface area contributed by atoms with Crippen molar-refractivity contribution in [2.24, 2.45) is 5.73 Å². The van der Waals surface area contributed by atoms with E-state index in [9.17, 15) is 18.0 Å². The molecule has 0 bridgehead atoms. The molecule has 2 N–H and O–H groups in total. The van der Waals surface area contributed by atoms with E-state index in [4.69, 9.17) is 5.73 Å². The van der Waals surface area contributed by atoms with Gasteiger partial charge in [-0.3, -0.25) is 9.69 Å². The van der Waals surface area contributed by atoms with E-state index in [0.717, 1.165) is 47.1 Å². The van der Waals surface area contributed by atoms with Crippen LogP contribution in [0.3, 0.4) is 0 Å². The SMILES string of the molecule is NC1CC2CN(Cc3ccc(-c4ccc(C(F)(F)F)cc4)s3)CCN2C1=O. The predicted molar refractivity (Wildman–Crippen MR) is 98.1 cm³/mol. The van der Waals surface area contributed by atoms with Crippen LogP contribution in [0.5, 0.6) is 0 Å². The molecule has 0 aliphatic carbocycles. The fourth-order valence-electron chi connectivity index (χ4n) is 3.82. The molecule has 2 fully saturated rings. The van der Waals surface area contributed by atoms with Crippen molar-refractivity contribution < 1.29 is 18.0 Å². The number of hydrogen-bond donors (Lipinski definition) is 1. The standard InChI is InChI=1S/C19H20F3N3OS/c20-19(21,22)13-3-1-12(2-4-13)17-6-5-15(27-17)11-24-7-8-25-14(10-24)9-16(23)18(25)26/h1-6,14,16H,7-11,23H2. The Bertz CT molecular complexity index is 833. The average Bonchev–Trinajstić information content (AvgIpc) is 3.19. The first-order valence-electron chi connectivity index (χ1n) is 8.86. The van der Waals surface area contributed by atoms with Crippen LogP contribution in [0.2, 0.25) is 0 Å². The first kappa shape index (κ1) is 18.5. The second kappa shape index (κ2) is 6.92. The minimum Gasteiger partial charge on any atom is -0.336 e. The van der Waals surface area contributed by atoms with Crippen molar-refractivity contribution in [3.8, 4) is 10.4 Å². The summed E-state index contributed by atoms with van der Waals surface area (Å²) in [6, 6.07) is 9.07. The third kappa shape index (κ3) is 3.74. The van der Waals surface area contributed by atoms with Gasteiger partial charge in [0.1, 0.15) is 0 Å². The Morgan fingerprint density at radius 2 is 1.85 bits per heavy atom. The molecule has 1 aromatic carbocycles. The Labute approximate surface area is 159 Å². The summed E-state index contributed by atoms with van der Waals surface area (Å²) in [6.07, 6.45) is -3.61. The van der Waals surface area contributed by atoms with Crippen molar-refractivity contribution in [1.82, 2.24) is 9.80 Å². The summed E-state index contributed by atoms with van der Waals surface area (Å²) in [5.74, 6) is 0.0559. The largest absolute Gasteiger partial charge is 0.416 e. The van der Waals surface area contributed by atoms with Gasteiger partial charge in [0, 0.05) is 42.0 Å². The van der Waals surface area contributed by atoms with Crippen LogP contribution in [0.4, 0.5) is 13.2 Å². The van der Waals surface area contributed by atoms with E-state index in [-0.39, 0.29) is 18.0 Å². The molecular weight excluding hydrogens is 375 g/mol. The smallest absolute Gasteiger partial charge is 0.336 e. The Balaban J connectivity index is 1.41. The molecule has 0 spiro atoms. The van der Waals surface area contributed by atoms with Gasteiger partial charge in [0.2, 0.25) is 5.91 Å². The lowest BCUT2D eigenvalue weighted by Crippen LogP contribution is -2.51. The summed E-state index contributed by atoms with van der Waals surface area (Å²) >= 11 is 1.59. The summed E-state index contributed by atoms with van der Waals surface area (Å²) in [6.45, 7) is 3.10.